The van der Waals surface area contributed by atoms with E-state index in [1.165, 1.54) is 0 Å². The maximum absolute atomic E-state index is 13.0. The van der Waals surface area contributed by atoms with Crippen LogP contribution in [0.5, 0.6) is 5.75 Å². The second-order valence-corrected chi connectivity index (χ2v) is 6.98. The van der Waals surface area contributed by atoms with Gasteiger partial charge in [-0.15, -0.1) is 0 Å². The molecule has 1 aromatic heterocycles. The van der Waals surface area contributed by atoms with Crippen molar-refractivity contribution >= 4 is 11.7 Å². The highest BCUT2D eigenvalue weighted by molar-refractivity contribution is 6.09. The lowest BCUT2D eigenvalue weighted by atomic mass is 9.97. The predicted molar refractivity (Wildman–Crippen MR) is 111 cm³/mol. The second-order valence-electron chi connectivity index (χ2n) is 6.98. The number of nitrogens with one attached hydrogen (secondary N) is 1. The Bertz CT molecular complexity index is 1010. The van der Waals surface area contributed by atoms with E-state index >= 15 is 0 Å². The number of nitrogens with zero attached hydrogens (tertiary/aromatic N) is 1. The van der Waals surface area contributed by atoms with Crippen LogP contribution < -0.4 is 10.2 Å². The average Bonchev–Trinajstić information content (AvgIpc) is 3.11. The molecule has 2 aromatic carbocycles. The first-order valence-corrected chi connectivity index (χ1v) is 9.73. The van der Waals surface area contributed by atoms with Crippen LogP contribution in [0.25, 0.3) is 11.1 Å². The minimum absolute atomic E-state index is 0.103. The van der Waals surface area contributed by atoms with Crippen molar-refractivity contribution in [3.63, 3.8) is 0 Å². The van der Waals surface area contributed by atoms with Crippen LogP contribution in [0.3, 0.4) is 0 Å². The summed E-state index contributed by atoms with van der Waals surface area (Å²) >= 11 is 0. The molecule has 156 valence electrons. The molecular formula is C23H24N2O5. The number of ketones is 1. The van der Waals surface area contributed by atoms with E-state index in [4.69, 9.17) is 14.5 Å². The number of aryl methyl sites for hydroxylation is 2. The third-order valence-corrected chi connectivity index (χ3v) is 4.72. The maximum atomic E-state index is 13.0. The van der Waals surface area contributed by atoms with Gasteiger partial charge in [0.15, 0.2) is 5.78 Å². The number of hydrogen-bond acceptors (Lipinski definition) is 6. The largest absolute Gasteiger partial charge is 0.494 e. The molecule has 0 aliphatic heterocycles. The summed E-state index contributed by atoms with van der Waals surface area (Å²) < 4.78 is 11.2. The van der Waals surface area contributed by atoms with Crippen molar-refractivity contribution < 1.29 is 24.1 Å². The number of hydrogen-bond donors (Lipinski definition) is 2. The van der Waals surface area contributed by atoms with Gasteiger partial charge >= 0.3 is 0 Å². The molecule has 0 atom stereocenters. The van der Waals surface area contributed by atoms with E-state index in [0.29, 0.717) is 42.1 Å². The zero-order valence-corrected chi connectivity index (χ0v) is 17.0. The molecule has 30 heavy (non-hydrogen) atoms. The molecule has 0 saturated heterocycles. The quantitative estimate of drug-likeness (QED) is 0.238. The highest BCUT2D eigenvalue weighted by atomic mass is 16.5. The fourth-order valence-corrected chi connectivity index (χ4v) is 3.24. The highest BCUT2D eigenvalue weighted by Gasteiger charge is 2.17. The molecule has 7 heteroatoms. The number of unbranched alkanes of at least 4 members (excludes halogenated alkanes) is 1. The molecule has 0 aliphatic carbocycles. The number of benzene rings is 2. The Balaban J connectivity index is 1.85. The standard InChI is InChI=1S/C23H24N2O5/c1-15-22(16(2)30-25-15)18-12-19(23(27)17-8-4-3-5-9-17)14-20(13-18)29-11-7-6-10-21(26)24-28/h3-5,8-9,12-14,28H,6-7,10-11H2,1-2H3,(H,24,26). The summed E-state index contributed by atoms with van der Waals surface area (Å²) in [6, 6.07) is 14.5. The van der Waals surface area contributed by atoms with Gasteiger partial charge in [-0.25, -0.2) is 5.48 Å². The summed E-state index contributed by atoms with van der Waals surface area (Å²) in [5, 5.41) is 12.5. The van der Waals surface area contributed by atoms with Gasteiger partial charge in [0.1, 0.15) is 11.5 Å². The SMILES string of the molecule is Cc1noc(C)c1-c1cc(OCCCCC(=O)NO)cc(C(=O)c2ccccc2)c1. The van der Waals surface area contributed by atoms with E-state index < -0.39 is 5.91 Å². The van der Waals surface area contributed by atoms with Crippen molar-refractivity contribution in [2.75, 3.05) is 6.61 Å². The van der Waals surface area contributed by atoms with Crippen LogP contribution in [0, 0.1) is 13.8 Å². The van der Waals surface area contributed by atoms with Crippen molar-refractivity contribution in [1.29, 1.82) is 0 Å². The molecule has 0 fully saturated rings. The predicted octanol–water partition coefficient (Wildman–Crippen LogP) is 4.24. The van der Waals surface area contributed by atoms with Crippen molar-refractivity contribution in [3.8, 4) is 16.9 Å². The van der Waals surface area contributed by atoms with Gasteiger partial charge in [0.2, 0.25) is 5.91 Å². The molecule has 0 saturated carbocycles. The monoisotopic (exact) mass is 408 g/mol. The molecule has 2 N–H and O–H groups in total. The number of amides is 1. The topological polar surface area (TPSA) is 102 Å². The minimum Gasteiger partial charge on any atom is -0.494 e. The van der Waals surface area contributed by atoms with E-state index in [-0.39, 0.29) is 12.2 Å². The Morgan fingerprint density at radius 3 is 2.50 bits per heavy atom. The zero-order valence-electron chi connectivity index (χ0n) is 17.0. The van der Waals surface area contributed by atoms with Gasteiger partial charge in [-0.2, -0.15) is 0 Å². The second kappa shape index (κ2) is 9.84. The molecular weight excluding hydrogens is 384 g/mol. The van der Waals surface area contributed by atoms with Crippen molar-refractivity contribution in [3.05, 3.63) is 71.1 Å². The summed E-state index contributed by atoms with van der Waals surface area (Å²) in [6.07, 6.45) is 1.42. The Morgan fingerprint density at radius 2 is 1.83 bits per heavy atom. The molecule has 0 unspecified atom stereocenters. The third-order valence-electron chi connectivity index (χ3n) is 4.72. The van der Waals surface area contributed by atoms with Crippen molar-refractivity contribution in [2.24, 2.45) is 0 Å². The number of carbonyl (C=O) groups is 2. The number of rotatable bonds is 9. The Hall–Kier alpha value is -3.45. The molecule has 7 nitrogen and oxygen atoms in total. The van der Waals surface area contributed by atoms with Gasteiger partial charge in [0.05, 0.1) is 12.3 Å². The molecule has 0 spiro atoms. The van der Waals surface area contributed by atoms with E-state index in [2.05, 4.69) is 5.16 Å². The first-order chi connectivity index (χ1) is 14.5. The van der Waals surface area contributed by atoms with Crippen molar-refractivity contribution in [1.82, 2.24) is 10.6 Å². The molecule has 0 radical (unpaired) electrons. The normalized spacial score (nSPS) is 10.6. The molecule has 1 heterocycles. The number of aromatic nitrogens is 1. The number of ether oxygens (including phenoxy) is 1. The molecule has 3 aromatic rings. The lowest BCUT2D eigenvalue weighted by Crippen LogP contribution is -2.18. The number of carbonyl (C=O) groups excluding carboxylic acids is 2. The summed E-state index contributed by atoms with van der Waals surface area (Å²) in [6.45, 7) is 4.06. The molecule has 0 bridgehead atoms. The van der Waals surface area contributed by atoms with Crippen LogP contribution >= 0.6 is 0 Å². The van der Waals surface area contributed by atoms with E-state index in [9.17, 15) is 9.59 Å². The van der Waals surface area contributed by atoms with Crippen LogP contribution in [0.4, 0.5) is 0 Å². The summed E-state index contributed by atoms with van der Waals surface area (Å²) in [4.78, 5) is 24.1. The molecule has 0 aliphatic rings. The highest BCUT2D eigenvalue weighted by Crippen LogP contribution is 2.32. The van der Waals surface area contributed by atoms with Gasteiger partial charge < -0.3 is 9.26 Å². The molecule has 1 amide bonds. The summed E-state index contributed by atoms with van der Waals surface area (Å²) in [5.74, 6) is 0.691. The van der Waals surface area contributed by atoms with Crippen LogP contribution in [-0.4, -0.2) is 28.7 Å². The molecule has 3 rings (SSSR count). The zero-order chi connectivity index (χ0) is 21.5. The lowest BCUT2D eigenvalue weighted by molar-refractivity contribution is -0.129. The summed E-state index contributed by atoms with van der Waals surface area (Å²) in [7, 11) is 0. The Labute approximate surface area is 174 Å². The average molecular weight is 408 g/mol. The Kier molecular flexibility index (Phi) is 6.98. The fraction of sp³-hybridized carbons (Fsp3) is 0.261. The van der Waals surface area contributed by atoms with Crippen LogP contribution in [0.2, 0.25) is 0 Å². The van der Waals surface area contributed by atoms with E-state index in [0.717, 1.165) is 16.8 Å². The smallest absolute Gasteiger partial charge is 0.243 e. The van der Waals surface area contributed by atoms with Crippen molar-refractivity contribution in [2.45, 2.75) is 33.1 Å². The van der Waals surface area contributed by atoms with Crippen LogP contribution in [0.1, 0.15) is 46.6 Å². The summed E-state index contributed by atoms with van der Waals surface area (Å²) in [5.41, 5.74) is 5.07. The van der Waals surface area contributed by atoms with Gasteiger partial charge in [0, 0.05) is 23.1 Å². The van der Waals surface area contributed by atoms with Crippen LogP contribution in [-0.2, 0) is 4.79 Å². The van der Waals surface area contributed by atoms with Gasteiger partial charge in [-0.05, 0) is 50.5 Å². The fourth-order valence-electron chi connectivity index (χ4n) is 3.24. The Morgan fingerprint density at radius 1 is 1.07 bits per heavy atom. The minimum atomic E-state index is -0.425. The van der Waals surface area contributed by atoms with E-state index in [1.54, 1.807) is 23.7 Å². The third kappa shape index (κ3) is 5.12. The van der Waals surface area contributed by atoms with Gasteiger partial charge in [-0.1, -0.05) is 35.5 Å². The van der Waals surface area contributed by atoms with Gasteiger partial charge in [-0.3, -0.25) is 14.8 Å². The van der Waals surface area contributed by atoms with Gasteiger partial charge in [0.25, 0.3) is 0 Å². The van der Waals surface area contributed by atoms with E-state index in [1.807, 2.05) is 44.2 Å². The lowest BCUT2D eigenvalue weighted by Gasteiger charge is -2.11. The number of hydroxylamine groups is 1. The van der Waals surface area contributed by atoms with Crippen LogP contribution in [0.15, 0.2) is 53.1 Å². The first-order valence-electron chi connectivity index (χ1n) is 9.73. The first kappa shape index (κ1) is 21.3. The maximum Gasteiger partial charge on any atom is 0.243 e.